The van der Waals surface area contributed by atoms with Gasteiger partial charge in [-0.05, 0) is 133 Å². The maximum Gasteiger partial charge on any atom is 0.0488 e. The van der Waals surface area contributed by atoms with Crippen LogP contribution in [0.3, 0.4) is 0 Å². The second kappa shape index (κ2) is 15.8. The normalized spacial score (nSPS) is 12.4. The maximum atomic E-state index is 2.45. The first-order valence-electron chi connectivity index (χ1n) is 21.8. The molecule has 0 saturated heterocycles. The third kappa shape index (κ3) is 6.77. The highest BCUT2D eigenvalue weighted by molar-refractivity contribution is 6.05. The first kappa shape index (κ1) is 38.0. The fraction of sp³-hybridized carbons (Fsp3) is 0.0492. The van der Waals surface area contributed by atoms with E-state index in [-0.39, 0.29) is 5.41 Å². The molecular formula is C61H46N2. The van der Waals surface area contributed by atoms with Gasteiger partial charge < -0.3 is 9.80 Å². The zero-order valence-corrected chi connectivity index (χ0v) is 35.5. The van der Waals surface area contributed by atoms with Crippen molar-refractivity contribution in [1.82, 2.24) is 0 Å². The Kier molecular flexibility index (Phi) is 9.55. The van der Waals surface area contributed by atoms with E-state index < -0.39 is 0 Å². The highest BCUT2D eigenvalue weighted by Gasteiger charge is 2.37. The Morgan fingerprint density at radius 2 is 0.778 bits per heavy atom. The van der Waals surface area contributed by atoms with E-state index in [1.54, 1.807) is 0 Å². The third-order valence-electron chi connectivity index (χ3n) is 12.8. The molecule has 0 heterocycles. The molecule has 10 aromatic carbocycles. The second-order valence-electron chi connectivity index (χ2n) is 16.9. The average molecular weight is 807 g/mol. The zero-order chi connectivity index (χ0) is 42.3. The summed E-state index contributed by atoms with van der Waals surface area (Å²) in [5.41, 5.74) is 18.8. The van der Waals surface area contributed by atoms with Crippen molar-refractivity contribution in [1.29, 1.82) is 0 Å². The van der Waals surface area contributed by atoms with Crippen molar-refractivity contribution < 1.29 is 0 Å². The molecule has 63 heavy (non-hydrogen) atoms. The molecule has 0 fully saturated rings. The molecule has 0 spiro atoms. The predicted molar refractivity (Wildman–Crippen MR) is 267 cm³/mol. The van der Waals surface area contributed by atoms with E-state index in [4.69, 9.17) is 0 Å². The van der Waals surface area contributed by atoms with Gasteiger partial charge in [0.1, 0.15) is 0 Å². The van der Waals surface area contributed by atoms with Gasteiger partial charge >= 0.3 is 0 Å². The van der Waals surface area contributed by atoms with Crippen LogP contribution in [0.15, 0.2) is 243 Å². The van der Waals surface area contributed by atoms with Crippen molar-refractivity contribution >= 4 is 44.9 Å². The summed E-state index contributed by atoms with van der Waals surface area (Å²) in [6, 6.07) is 88.4. The first-order chi connectivity index (χ1) is 31.0. The summed E-state index contributed by atoms with van der Waals surface area (Å²) in [7, 11) is 0. The van der Waals surface area contributed by atoms with Crippen LogP contribution in [-0.4, -0.2) is 0 Å². The van der Waals surface area contributed by atoms with Gasteiger partial charge in [-0.1, -0.05) is 190 Å². The lowest BCUT2D eigenvalue weighted by atomic mass is 9.81. The second-order valence-corrected chi connectivity index (χ2v) is 16.9. The molecule has 10 aromatic rings. The molecule has 0 bridgehead atoms. The summed E-state index contributed by atoms with van der Waals surface area (Å²) in [6.07, 6.45) is 0. The number of hydrogen-bond acceptors (Lipinski definition) is 2. The van der Waals surface area contributed by atoms with E-state index in [9.17, 15) is 0 Å². The quantitative estimate of drug-likeness (QED) is 0.143. The number of rotatable bonds is 9. The Labute approximate surface area is 370 Å². The Bertz CT molecular complexity index is 3190. The summed E-state index contributed by atoms with van der Waals surface area (Å²) < 4.78 is 0. The fourth-order valence-corrected chi connectivity index (χ4v) is 9.84. The molecule has 2 nitrogen and oxygen atoms in total. The van der Waals surface area contributed by atoms with Gasteiger partial charge in [-0.25, -0.2) is 0 Å². The van der Waals surface area contributed by atoms with Crippen LogP contribution < -0.4 is 9.80 Å². The van der Waals surface area contributed by atoms with E-state index in [1.165, 1.54) is 60.8 Å². The summed E-state index contributed by atoms with van der Waals surface area (Å²) >= 11 is 0. The van der Waals surface area contributed by atoms with Crippen molar-refractivity contribution in [3.63, 3.8) is 0 Å². The lowest BCUT2D eigenvalue weighted by Gasteiger charge is -2.31. The van der Waals surface area contributed by atoms with Crippen molar-refractivity contribution in [3.05, 3.63) is 254 Å². The molecule has 0 aliphatic heterocycles. The fourth-order valence-electron chi connectivity index (χ4n) is 9.84. The van der Waals surface area contributed by atoms with Crippen LogP contribution in [0.5, 0.6) is 0 Å². The van der Waals surface area contributed by atoms with Crippen LogP contribution >= 0.6 is 0 Å². The summed E-state index contributed by atoms with van der Waals surface area (Å²) in [5, 5.41) is 2.45. The maximum absolute atomic E-state index is 2.45. The van der Waals surface area contributed by atoms with E-state index >= 15 is 0 Å². The molecule has 1 aliphatic rings. The minimum Gasteiger partial charge on any atom is -0.310 e. The van der Waals surface area contributed by atoms with Gasteiger partial charge in [0.25, 0.3) is 0 Å². The Morgan fingerprint density at radius 3 is 1.38 bits per heavy atom. The number of anilines is 6. The number of nitrogens with zero attached hydrogens (tertiary/aromatic N) is 2. The standard InChI is InChI=1S/C61H46N2/c1-61(2)57-34-20-33-54(43-21-8-3-9-22-43)60(57)56-38-36-50(42-58(56)61)63(49-30-16-7-17-31-49)52-40-46(39-51(41-52)62(47-26-12-5-13-27-47)48-28-14-6-15-29-48)55-37-35-44-23-18-19-32-53(44)59(55)45-24-10-4-11-25-45/h3-42H,1-2H3. The smallest absolute Gasteiger partial charge is 0.0488 e. The van der Waals surface area contributed by atoms with Gasteiger partial charge in [0.05, 0.1) is 0 Å². The van der Waals surface area contributed by atoms with E-state index in [2.05, 4.69) is 266 Å². The van der Waals surface area contributed by atoms with Crippen LogP contribution in [-0.2, 0) is 5.41 Å². The van der Waals surface area contributed by atoms with Gasteiger partial charge in [-0.2, -0.15) is 0 Å². The number of benzene rings is 10. The van der Waals surface area contributed by atoms with Crippen LogP contribution in [0.1, 0.15) is 25.0 Å². The first-order valence-corrected chi connectivity index (χ1v) is 21.8. The average Bonchev–Trinajstić information content (AvgIpc) is 3.58. The zero-order valence-electron chi connectivity index (χ0n) is 35.5. The number of para-hydroxylation sites is 3. The van der Waals surface area contributed by atoms with Crippen molar-refractivity contribution in [2.45, 2.75) is 19.3 Å². The largest absolute Gasteiger partial charge is 0.310 e. The summed E-state index contributed by atoms with van der Waals surface area (Å²) in [5.74, 6) is 0. The number of hydrogen-bond donors (Lipinski definition) is 0. The Morgan fingerprint density at radius 1 is 0.286 bits per heavy atom. The van der Waals surface area contributed by atoms with Gasteiger partial charge in [-0.3, -0.25) is 0 Å². The molecule has 300 valence electrons. The number of fused-ring (bicyclic) bond motifs is 4. The lowest BCUT2D eigenvalue weighted by Crippen LogP contribution is -2.17. The molecule has 0 saturated carbocycles. The van der Waals surface area contributed by atoms with Gasteiger partial charge in [0.15, 0.2) is 0 Å². The summed E-state index contributed by atoms with van der Waals surface area (Å²) in [6.45, 7) is 4.76. The van der Waals surface area contributed by atoms with Crippen LogP contribution in [0, 0.1) is 0 Å². The Hall–Kier alpha value is -7.94. The van der Waals surface area contributed by atoms with Crippen LogP contribution in [0.2, 0.25) is 0 Å². The van der Waals surface area contributed by atoms with Gasteiger partial charge in [0, 0.05) is 39.5 Å². The minimum absolute atomic E-state index is 0.214. The van der Waals surface area contributed by atoms with E-state index in [0.29, 0.717) is 0 Å². The summed E-state index contributed by atoms with van der Waals surface area (Å²) in [4.78, 5) is 4.83. The van der Waals surface area contributed by atoms with Crippen molar-refractivity contribution in [2.24, 2.45) is 0 Å². The van der Waals surface area contributed by atoms with Gasteiger partial charge in [0.2, 0.25) is 0 Å². The predicted octanol–water partition coefficient (Wildman–Crippen LogP) is 17.1. The molecule has 0 N–H and O–H groups in total. The van der Waals surface area contributed by atoms with Crippen molar-refractivity contribution in [3.8, 4) is 44.5 Å². The molecule has 0 unspecified atom stereocenters. The van der Waals surface area contributed by atoms with Crippen LogP contribution in [0.4, 0.5) is 34.1 Å². The third-order valence-corrected chi connectivity index (χ3v) is 12.8. The molecule has 0 radical (unpaired) electrons. The van der Waals surface area contributed by atoms with Gasteiger partial charge in [-0.15, -0.1) is 0 Å². The topological polar surface area (TPSA) is 6.48 Å². The molecular weight excluding hydrogens is 761 g/mol. The molecule has 0 aromatic heterocycles. The highest BCUT2D eigenvalue weighted by atomic mass is 15.2. The molecule has 11 rings (SSSR count). The highest BCUT2D eigenvalue weighted by Crippen LogP contribution is 2.54. The van der Waals surface area contributed by atoms with Crippen LogP contribution in [0.25, 0.3) is 55.3 Å². The molecule has 0 amide bonds. The Balaban J connectivity index is 1.18. The molecule has 2 heteroatoms. The van der Waals surface area contributed by atoms with E-state index in [1.807, 2.05) is 0 Å². The minimum atomic E-state index is -0.214. The monoisotopic (exact) mass is 806 g/mol. The van der Waals surface area contributed by atoms with Crippen molar-refractivity contribution in [2.75, 3.05) is 9.80 Å². The molecule has 1 aliphatic carbocycles. The molecule has 0 atom stereocenters. The lowest BCUT2D eigenvalue weighted by molar-refractivity contribution is 0.660. The SMILES string of the molecule is CC1(C)c2cc(N(c3ccccc3)c3cc(-c4ccc5ccccc5c4-c4ccccc4)cc(N(c4ccccc4)c4ccccc4)c3)ccc2-c2c(-c3ccccc3)cccc21. The van der Waals surface area contributed by atoms with E-state index in [0.717, 1.165) is 39.7 Å².